The van der Waals surface area contributed by atoms with E-state index in [0.717, 1.165) is 0 Å². The van der Waals surface area contributed by atoms with Crippen LogP contribution in [0.3, 0.4) is 0 Å². The third kappa shape index (κ3) is 2.42. The molecule has 102 valence electrons. The third-order valence-corrected chi connectivity index (χ3v) is 2.79. The SMILES string of the molecule is FC(F)c1cc2c(Oc3ccccc3)nc(Cl)nn2c1. The first kappa shape index (κ1) is 12.8. The number of benzene rings is 1. The number of hydrogen-bond donors (Lipinski definition) is 0. The number of fused-ring (bicyclic) bond motifs is 1. The van der Waals surface area contributed by atoms with Crippen LogP contribution in [0.2, 0.25) is 5.28 Å². The number of halogens is 3. The summed E-state index contributed by atoms with van der Waals surface area (Å²) >= 11 is 5.77. The van der Waals surface area contributed by atoms with Crippen molar-refractivity contribution < 1.29 is 13.5 Å². The number of ether oxygens (including phenoxy) is 1. The number of nitrogens with zero attached hydrogens (tertiary/aromatic N) is 3. The topological polar surface area (TPSA) is 39.4 Å². The highest BCUT2D eigenvalue weighted by Gasteiger charge is 2.15. The summed E-state index contributed by atoms with van der Waals surface area (Å²) in [5.74, 6) is 0.659. The van der Waals surface area contributed by atoms with Crippen molar-refractivity contribution in [3.63, 3.8) is 0 Å². The van der Waals surface area contributed by atoms with Crippen LogP contribution in [0, 0.1) is 0 Å². The fourth-order valence-electron chi connectivity index (χ4n) is 1.76. The summed E-state index contributed by atoms with van der Waals surface area (Å²) in [6, 6.07) is 10.1. The van der Waals surface area contributed by atoms with E-state index < -0.39 is 6.43 Å². The van der Waals surface area contributed by atoms with Crippen molar-refractivity contribution in [2.24, 2.45) is 0 Å². The first-order valence-electron chi connectivity index (χ1n) is 5.70. The van der Waals surface area contributed by atoms with E-state index in [2.05, 4.69) is 10.1 Å². The van der Waals surface area contributed by atoms with Crippen LogP contribution in [0.4, 0.5) is 8.78 Å². The lowest BCUT2D eigenvalue weighted by Crippen LogP contribution is -1.97. The molecule has 3 rings (SSSR count). The lowest BCUT2D eigenvalue weighted by molar-refractivity contribution is 0.151. The first-order chi connectivity index (χ1) is 9.63. The minimum Gasteiger partial charge on any atom is -0.437 e. The summed E-state index contributed by atoms with van der Waals surface area (Å²) in [7, 11) is 0. The van der Waals surface area contributed by atoms with Gasteiger partial charge >= 0.3 is 0 Å². The van der Waals surface area contributed by atoms with Gasteiger partial charge in [0.2, 0.25) is 11.2 Å². The molecule has 0 N–H and O–H groups in total. The molecule has 0 bridgehead atoms. The number of para-hydroxylation sites is 1. The number of hydrogen-bond acceptors (Lipinski definition) is 3. The molecule has 0 aliphatic carbocycles. The van der Waals surface area contributed by atoms with Gasteiger partial charge in [-0.25, -0.2) is 13.3 Å². The van der Waals surface area contributed by atoms with E-state index in [9.17, 15) is 8.78 Å². The average molecular weight is 296 g/mol. The summed E-state index contributed by atoms with van der Waals surface area (Å²) in [4.78, 5) is 3.94. The minimum atomic E-state index is -2.60. The van der Waals surface area contributed by atoms with E-state index in [1.165, 1.54) is 16.8 Å². The second-order valence-corrected chi connectivity index (χ2v) is 4.34. The van der Waals surface area contributed by atoms with Crippen LogP contribution >= 0.6 is 11.6 Å². The van der Waals surface area contributed by atoms with Crippen molar-refractivity contribution in [2.75, 3.05) is 0 Å². The zero-order valence-corrected chi connectivity index (χ0v) is 10.8. The Labute approximate surface area is 117 Å². The molecule has 0 saturated heterocycles. The van der Waals surface area contributed by atoms with Crippen LogP contribution in [-0.2, 0) is 0 Å². The van der Waals surface area contributed by atoms with Crippen LogP contribution in [0.5, 0.6) is 11.6 Å². The van der Waals surface area contributed by atoms with Crippen molar-refractivity contribution in [1.29, 1.82) is 0 Å². The fraction of sp³-hybridized carbons (Fsp3) is 0.0769. The maximum atomic E-state index is 12.7. The van der Waals surface area contributed by atoms with Gasteiger partial charge in [-0.15, -0.1) is 5.10 Å². The Hall–Kier alpha value is -2.21. The van der Waals surface area contributed by atoms with Gasteiger partial charge in [-0.3, -0.25) is 0 Å². The number of aromatic nitrogens is 3. The molecular formula is C13H8ClF2N3O. The Morgan fingerprint density at radius 1 is 1.20 bits per heavy atom. The molecule has 7 heteroatoms. The summed E-state index contributed by atoms with van der Waals surface area (Å²) in [6.07, 6.45) is -1.40. The largest absolute Gasteiger partial charge is 0.437 e. The van der Waals surface area contributed by atoms with Gasteiger partial charge in [0, 0.05) is 11.8 Å². The van der Waals surface area contributed by atoms with Crippen LogP contribution < -0.4 is 4.74 Å². The first-order valence-corrected chi connectivity index (χ1v) is 6.08. The molecule has 1 aromatic carbocycles. The highest BCUT2D eigenvalue weighted by atomic mass is 35.5. The molecule has 2 heterocycles. The van der Waals surface area contributed by atoms with Crippen LogP contribution in [0.25, 0.3) is 5.52 Å². The third-order valence-electron chi connectivity index (χ3n) is 2.63. The molecule has 3 aromatic rings. The van der Waals surface area contributed by atoms with E-state index in [4.69, 9.17) is 16.3 Å². The van der Waals surface area contributed by atoms with E-state index in [1.807, 2.05) is 6.07 Å². The van der Waals surface area contributed by atoms with Crippen molar-refractivity contribution in [3.8, 4) is 11.6 Å². The maximum Gasteiger partial charge on any atom is 0.265 e. The van der Waals surface area contributed by atoms with Crippen LogP contribution in [0.1, 0.15) is 12.0 Å². The second kappa shape index (κ2) is 5.05. The number of rotatable bonds is 3. The predicted octanol–water partition coefficient (Wildman–Crippen LogP) is 4.11. The second-order valence-electron chi connectivity index (χ2n) is 4.01. The Morgan fingerprint density at radius 2 is 1.95 bits per heavy atom. The highest BCUT2D eigenvalue weighted by Crippen LogP contribution is 2.29. The molecule has 4 nitrogen and oxygen atoms in total. The van der Waals surface area contributed by atoms with Crippen LogP contribution in [0.15, 0.2) is 42.6 Å². The van der Waals surface area contributed by atoms with Gasteiger partial charge < -0.3 is 4.74 Å². The normalized spacial score (nSPS) is 11.2. The predicted molar refractivity (Wildman–Crippen MR) is 69.5 cm³/mol. The monoisotopic (exact) mass is 295 g/mol. The van der Waals surface area contributed by atoms with Gasteiger partial charge in [-0.1, -0.05) is 18.2 Å². The molecule has 0 saturated carbocycles. The van der Waals surface area contributed by atoms with Gasteiger partial charge in [0.1, 0.15) is 11.3 Å². The summed E-state index contributed by atoms with van der Waals surface area (Å²) in [6.45, 7) is 0. The average Bonchev–Trinajstić information content (AvgIpc) is 2.84. The summed E-state index contributed by atoms with van der Waals surface area (Å²) in [5, 5.41) is 3.76. The Bertz CT molecular complexity index is 746. The molecule has 0 aliphatic heterocycles. The molecule has 0 amide bonds. The summed E-state index contributed by atoms with van der Waals surface area (Å²) in [5.41, 5.74) is 0.160. The van der Waals surface area contributed by atoms with Gasteiger partial charge in [-0.05, 0) is 29.8 Å². The maximum absolute atomic E-state index is 12.7. The highest BCUT2D eigenvalue weighted by molar-refractivity contribution is 6.28. The lowest BCUT2D eigenvalue weighted by atomic mass is 10.3. The Balaban J connectivity index is 2.09. The lowest BCUT2D eigenvalue weighted by Gasteiger charge is -2.06. The van der Waals surface area contributed by atoms with E-state index in [1.54, 1.807) is 24.3 Å². The Morgan fingerprint density at radius 3 is 2.65 bits per heavy atom. The summed E-state index contributed by atoms with van der Waals surface area (Å²) < 4.78 is 32.3. The van der Waals surface area contributed by atoms with E-state index in [0.29, 0.717) is 11.3 Å². The zero-order chi connectivity index (χ0) is 14.1. The molecule has 0 fully saturated rings. The van der Waals surface area contributed by atoms with E-state index >= 15 is 0 Å². The quantitative estimate of drug-likeness (QED) is 0.730. The molecule has 0 radical (unpaired) electrons. The van der Waals surface area contributed by atoms with Gasteiger partial charge in [0.25, 0.3) is 6.43 Å². The molecule has 0 atom stereocenters. The smallest absolute Gasteiger partial charge is 0.265 e. The van der Waals surface area contributed by atoms with Crippen molar-refractivity contribution in [3.05, 3.63) is 53.4 Å². The standard InChI is InChI=1S/C13H8ClF2N3O/c14-13-17-12(20-9-4-2-1-3-5-9)10-6-8(11(15)16)7-19(10)18-13/h1-7,11H. The molecule has 20 heavy (non-hydrogen) atoms. The molecule has 0 unspecified atom stereocenters. The molecule has 0 aliphatic rings. The van der Waals surface area contributed by atoms with Crippen molar-refractivity contribution >= 4 is 17.1 Å². The minimum absolute atomic E-state index is 0.0835. The van der Waals surface area contributed by atoms with Crippen LogP contribution in [-0.4, -0.2) is 14.6 Å². The Kier molecular flexibility index (Phi) is 3.23. The molecular weight excluding hydrogens is 288 g/mol. The zero-order valence-electron chi connectivity index (χ0n) is 10.0. The van der Waals surface area contributed by atoms with Gasteiger partial charge in [0.15, 0.2) is 0 Å². The van der Waals surface area contributed by atoms with Crippen molar-refractivity contribution in [2.45, 2.75) is 6.43 Å². The van der Waals surface area contributed by atoms with Gasteiger partial charge in [-0.2, -0.15) is 4.98 Å². The van der Waals surface area contributed by atoms with E-state index in [-0.39, 0.29) is 16.7 Å². The van der Waals surface area contributed by atoms with Gasteiger partial charge in [0.05, 0.1) is 0 Å². The number of alkyl halides is 2. The van der Waals surface area contributed by atoms with Crippen molar-refractivity contribution in [1.82, 2.24) is 14.6 Å². The molecule has 2 aromatic heterocycles. The fourth-order valence-corrected chi connectivity index (χ4v) is 1.92. The molecule has 0 spiro atoms.